The first-order valence-corrected chi connectivity index (χ1v) is 6.36. The minimum Gasteiger partial charge on any atom is -0.347 e. The number of hydrogen-bond acceptors (Lipinski definition) is 3. The Bertz CT molecular complexity index is 190. The van der Waals surface area contributed by atoms with Crippen LogP contribution in [0.4, 0.5) is 0 Å². The van der Waals surface area contributed by atoms with Crippen LogP contribution in [0.25, 0.3) is 0 Å². The van der Waals surface area contributed by atoms with Gasteiger partial charge >= 0.3 is 0 Å². The van der Waals surface area contributed by atoms with Gasteiger partial charge in [-0.25, -0.2) is 0 Å². The van der Waals surface area contributed by atoms with Gasteiger partial charge in [0.2, 0.25) is 0 Å². The standard InChI is InChI=1S/C12H23NO2/c1-2-3-4-5-11-10-12(6-7-13-11)14-8-9-15-12/h11,13H,2-10H2,1H3. The summed E-state index contributed by atoms with van der Waals surface area (Å²) in [5.41, 5.74) is 0. The highest BCUT2D eigenvalue weighted by atomic mass is 16.7. The molecule has 0 radical (unpaired) electrons. The van der Waals surface area contributed by atoms with Gasteiger partial charge in [0.05, 0.1) is 13.2 Å². The number of piperidine rings is 1. The molecule has 2 rings (SSSR count). The summed E-state index contributed by atoms with van der Waals surface area (Å²) in [6.45, 7) is 4.85. The molecular formula is C12H23NO2. The molecule has 0 aromatic carbocycles. The van der Waals surface area contributed by atoms with Crippen molar-refractivity contribution in [3.8, 4) is 0 Å². The third-order valence-electron chi connectivity index (χ3n) is 3.47. The van der Waals surface area contributed by atoms with Crippen molar-refractivity contribution in [2.24, 2.45) is 0 Å². The summed E-state index contributed by atoms with van der Waals surface area (Å²) in [5, 5.41) is 3.57. The van der Waals surface area contributed by atoms with Gasteiger partial charge in [0.25, 0.3) is 0 Å². The lowest BCUT2D eigenvalue weighted by Gasteiger charge is -2.37. The highest BCUT2D eigenvalue weighted by Crippen LogP contribution is 2.32. The number of unbranched alkanes of at least 4 members (excludes halogenated alkanes) is 2. The molecule has 1 atom stereocenters. The molecule has 3 nitrogen and oxygen atoms in total. The van der Waals surface area contributed by atoms with Gasteiger partial charge in [0.1, 0.15) is 0 Å². The predicted octanol–water partition coefficient (Wildman–Crippen LogP) is 2.06. The highest BCUT2D eigenvalue weighted by molar-refractivity contribution is 4.87. The third kappa shape index (κ3) is 2.92. The predicted molar refractivity (Wildman–Crippen MR) is 59.8 cm³/mol. The van der Waals surface area contributed by atoms with Crippen LogP contribution in [0, 0.1) is 0 Å². The van der Waals surface area contributed by atoms with Crippen molar-refractivity contribution in [1.82, 2.24) is 5.32 Å². The molecule has 2 aliphatic rings. The number of ether oxygens (including phenoxy) is 2. The molecule has 88 valence electrons. The molecule has 1 N–H and O–H groups in total. The maximum atomic E-state index is 5.76. The second-order valence-electron chi connectivity index (χ2n) is 4.71. The lowest BCUT2D eigenvalue weighted by molar-refractivity contribution is -0.180. The molecule has 2 heterocycles. The van der Waals surface area contributed by atoms with E-state index in [4.69, 9.17) is 9.47 Å². The van der Waals surface area contributed by atoms with E-state index in [0.29, 0.717) is 6.04 Å². The monoisotopic (exact) mass is 213 g/mol. The molecule has 0 saturated carbocycles. The van der Waals surface area contributed by atoms with E-state index < -0.39 is 0 Å². The molecule has 15 heavy (non-hydrogen) atoms. The summed E-state index contributed by atoms with van der Waals surface area (Å²) in [7, 11) is 0. The Morgan fingerprint density at radius 3 is 2.80 bits per heavy atom. The first-order valence-electron chi connectivity index (χ1n) is 6.36. The van der Waals surface area contributed by atoms with Crippen LogP contribution in [-0.2, 0) is 9.47 Å². The molecule has 0 amide bonds. The molecule has 0 aromatic heterocycles. The van der Waals surface area contributed by atoms with Crippen molar-refractivity contribution in [2.45, 2.75) is 57.3 Å². The molecule has 2 saturated heterocycles. The van der Waals surface area contributed by atoms with E-state index in [1.54, 1.807) is 0 Å². The lowest BCUT2D eigenvalue weighted by atomic mass is 9.94. The average Bonchev–Trinajstić information content (AvgIpc) is 2.67. The molecule has 1 spiro atoms. The largest absolute Gasteiger partial charge is 0.347 e. The summed E-state index contributed by atoms with van der Waals surface area (Å²) in [5.74, 6) is -0.220. The van der Waals surface area contributed by atoms with Crippen molar-refractivity contribution < 1.29 is 9.47 Å². The lowest BCUT2D eigenvalue weighted by Crippen LogP contribution is -2.48. The quantitative estimate of drug-likeness (QED) is 0.725. The molecule has 0 aromatic rings. The van der Waals surface area contributed by atoms with E-state index in [1.807, 2.05) is 0 Å². The van der Waals surface area contributed by atoms with Gasteiger partial charge in [-0.1, -0.05) is 26.2 Å². The van der Waals surface area contributed by atoms with E-state index in [2.05, 4.69) is 12.2 Å². The van der Waals surface area contributed by atoms with Crippen molar-refractivity contribution in [1.29, 1.82) is 0 Å². The number of rotatable bonds is 4. The third-order valence-corrected chi connectivity index (χ3v) is 3.47. The first-order chi connectivity index (χ1) is 7.35. The van der Waals surface area contributed by atoms with E-state index >= 15 is 0 Å². The van der Waals surface area contributed by atoms with Gasteiger partial charge in [-0.05, 0) is 6.42 Å². The smallest absolute Gasteiger partial charge is 0.171 e. The summed E-state index contributed by atoms with van der Waals surface area (Å²) in [6.07, 6.45) is 7.28. The fourth-order valence-electron chi connectivity index (χ4n) is 2.62. The summed E-state index contributed by atoms with van der Waals surface area (Å²) < 4.78 is 11.5. The average molecular weight is 213 g/mol. The Balaban J connectivity index is 1.76. The molecule has 2 aliphatic heterocycles. The second kappa shape index (κ2) is 5.28. The fourth-order valence-corrected chi connectivity index (χ4v) is 2.62. The van der Waals surface area contributed by atoms with Crippen LogP contribution in [0.2, 0.25) is 0 Å². The summed E-state index contributed by atoms with van der Waals surface area (Å²) >= 11 is 0. The Kier molecular flexibility index (Phi) is 4.00. The van der Waals surface area contributed by atoms with Crippen molar-refractivity contribution in [2.75, 3.05) is 19.8 Å². The van der Waals surface area contributed by atoms with Crippen LogP contribution in [0.3, 0.4) is 0 Å². The Hall–Kier alpha value is -0.120. The van der Waals surface area contributed by atoms with Crippen molar-refractivity contribution >= 4 is 0 Å². The maximum Gasteiger partial charge on any atom is 0.171 e. The minimum atomic E-state index is -0.220. The molecule has 0 aliphatic carbocycles. The van der Waals surface area contributed by atoms with Gasteiger partial charge in [-0.3, -0.25) is 0 Å². The summed E-state index contributed by atoms with van der Waals surface area (Å²) in [6, 6.07) is 0.600. The van der Waals surface area contributed by atoms with Crippen LogP contribution in [-0.4, -0.2) is 31.6 Å². The van der Waals surface area contributed by atoms with E-state index in [-0.39, 0.29) is 5.79 Å². The minimum absolute atomic E-state index is 0.220. The normalized spacial score (nSPS) is 29.8. The Labute approximate surface area is 92.5 Å². The number of hydrogen-bond donors (Lipinski definition) is 1. The topological polar surface area (TPSA) is 30.5 Å². The molecule has 2 fully saturated rings. The fraction of sp³-hybridized carbons (Fsp3) is 1.00. The van der Waals surface area contributed by atoms with Crippen LogP contribution >= 0.6 is 0 Å². The van der Waals surface area contributed by atoms with Gasteiger partial charge in [-0.2, -0.15) is 0 Å². The zero-order valence-corrected chi connectivity index (χ0v) is 9.76. The molecular weight excluding hydrogens is 190 g/mol. The summed E-state index contributed by atoms with van der Waals surface area (Å²) in [4.78, 5) is 0. The van der Waals surface area contributed by atoms with Gasteiger partial charge < -0.3 is 14.8 Å². The molecule has 3 heteroatoms. The zero-order chi connectivity index (χ0) is 10.6. The van der Waals surface area contributed by atoms with Gasteiger partial charge in [-0.15, -0.1) is 0 Å². The van der Waals surface area contributed by atoms with Crippen LogP contribution in [0.1, 0.15) is 45.4 Å². The van der Waals surface area contributed by atoms with E-state index in [0.717, 1.165) is 32.6 Å². The zero-order valence-electron chi connectivity index (χ0n) is 9.76. The van der Waals surface area contributed by atoms with Crippen LogP contribution < -0.4 is 5.32 Å². The van der Waals surface area contributed by atoms with Crippen molar-refractivity contribution in [3.05, 3.63) is 0 Å². The maximum absolute atomic E-state index is 5.76. The molecule has 1 unspecified atom stereocenters. The first kappa shape index (κ1) is 11.4. The SMILES string of the molecule is CCCCCC1CC2(CCN1)OCCO2. The Morgan fingerprint density at radius 1 is 1.27 bits per heavy atom. The second-order valence-corrected chi connectivity index (χ2v) is 4.71. The van der Waals surface area contributed by atoms with Gasteiger partial charge in [0, 0.05) is 25.4 Å². The Morgan fingerprint density at radius 2 is 2.07 bits per heavy atom. The van der Waals surface area contributed by atoms with E-state index in [1.165, 1.54) is 25.7 Å². The number of nitrogens with one attached hydrogen (secondary N) is 1. The van der Waals surface area contributed by atoms with E-state index in [9.17, 15) is 0 Å². The van der Waals surface area contributed by atoms with Crippen molar-refractivity contribution in [3.63, 3.8) is 0 Å². The van der Waals surface area contributed by atoms with Crippen LogP contribution in [0.15, 0.2) is 0 Å². The molecule has 0 bridgehead atoms. The van der Waals surface area contributed by atoms with Gasteiger partial charge in [0.15, 0.2) is 5.79 Å². The highest BCUT2D eigenvalue weighted by Gasteiger charge is 2.40. The van der Waals surface area contributed by atoms with Crippen LogP contribution in [0.5, 0.6) is 0 Å².